The summed E-state index contributed by atoms with van der Waals surface area (Å²) in [6.45, 7) is 0.532. The van der Waals surface area contributed by atoms with E-state index in [1.165, 1.54) is 0 Å². The molecule has 0 atom stereocenters. The molecule has 7 heteroatoms. The van der Waals surface area contributed by atoms with Crippen LogP contribution in [0.1, 0.15) is 5.56 Å². The molecule has 0 amide bonds. The molecular weight excluding hydrogens is 392 g/mol. The van der Waals surface area contributed by atoms with Gasteiger partial charge in [-0.15, -0.1) is 11.3 Å². The van der Waals surface area contributed by atoms with Gasteiger partial charge in [-0.3, -0.25) is 4.68 Å². The summed E-state index contributed by atoms with van der Waals surface area (Å²) >= 11 is 1.63. The number of nitrogen functional groups attached to an aromatic ring is 1. The van der Waals surface area contributed by atoms with Gasteiger partial charge < -0.3 is 11.1 Å². The van der Waals surface area contributed by atoms with Crippen molar-refractivity contribution in [3.05, 3.63) is 77.8 Å². The van der Waals surface area contributed by atoms with Gasteiger partial charge in [0, 0.05) is 35.7 Å². The van der Waals surface area contributed by atoms with Crippen molar-refractivity contribution in [3.63, 3.8) is 0 Å². The van der Waals surface area contributed by atoms with Gasteiger partial charge >= 0.3 is 0 Å². The molecule has 0 aliphatic rings. The molecule has 30 heavy (non-hydrogen) atoms. The standard InChI is InChI=1S/C23H20N6S/c1-29-20(24)17(13-26-29)12-25-22-19-18(15-8-4-2-5-9-15)14-30-23(19)28-21(27-22)16-10-6-3-7-11-16/h2-11,13-14H,12,24H2,1H3,(H,25,27,28). The van der Waals surface area contributed by atoms with Crippen LogP contribution in [0.5, 0.6) is 0 Å². The number of benzene rings is 2. The highest BCUT2D eigenvalue weighted by atomic mass is 32.1. The molecule has 0 saturated carbocycles. The minimum atomic E-state index is 0.532. The molecule has 0 unspecified atom stereocenters. The van der Waals surface area contributed by atoms with Gasteiger partial charge in [-0.2, -0.15) is 5.10 Å². The summed E-state index contributed by atoms with van der Waals surface area (Å²) in [6, 6.07) is 20.4. The molecule has 0 saturated heterocycles. The molecule has 5 rings (SSSR count). The van der Waals surface area contributed by atoms with E-state index in [-0.39, 0.29) is 0 Å². The Bertz CT molecular complexity index is 1310. The van der Waals surface area contributed by atoms with Crippen molar-refractivity contribution in [2.75, 3.05) is 11.1 Å². The van der Waals surface area contributed by atoms with E-state index in [2.05, 4.69) is 27.9 Å². The van der Waals surface area contributed by atoms with Crippen LogP contribution in [0.3, 0.4) is 0 Å². The van der Waals surface area contributed by atoms with Gasteiger partial charge in [-0.05, 0) is 5.56 Å². The van der Waals surface area contributed by atoms with E-state index in [1.54, 1.807) is 22.2 Å². The Morgan fingerprint density at radius 1 is 0.967 bits per heavy atom. The van der Waals surface area contributed by atoms with Crippen molar-refractivity contribution in [1.82, 2.24) is 19.7 Å². The van der Waals surface area contributed by atoms with Gasteiger partial charge in [0.25, 0.3) is 0 Å². The fourth-order valence-corrected chi connectivity index (χ4v) is 4.37. The number of fused-ring (bicyclic) bond motifs is 1. The second-order valence-corrected chi connectivity index (χ2v) is 7.85. The molecule has 6 nitrogen and oxygen atoms in total. The smallest absolute Gasteiger partial charge is 0.163 e. The Hall–Kier alpha value is -3.71. The summed E-state index contributed by atoms with van der Waals surface area (Å²) < 4.78 is 1.67. The zero-order chi connectivity index (χ0) is 20.5. The summed E-state index contributed by atoms with van der Waals surface area (Å²) in [4.78, 5) is 10.7. The normalized spacial score (nSPS) is 11.1. The molecule has 0 radical (unpaired) electrons. The van der Waals surface area contributed by atoms with Gasteiger partial charge in [0.05, 0.1) is 11.6 Å². The number of hydrogen-bond donors (Lipinski definition) is 2. The van der Waals surface area contributed by atoms with Crippen LogP contribution in [-0.4, -0.2) is 19.7 Å². The lowest BCUT2D eigenvalue weighted by molar-refractivity contribution is 0.778. The third-order valence-corrected chi connectivity index (χ3v) is 5.93. The Kier molecular flexibility index (Phi) is 4.65. The first-order chi connectivity index (χ1) is 14.7. The van der Waals surface area contributed by atoms with Crippen LogP contribution < -0.4 is 11.1 Å². The Balaban J connectivity index is 1.64. The number of nitrogens with two attached hydrogens (primary N) is 1. The maximum absolute atomic E-state index is 6.13. The molecule has 3 heterocycles. The Labute approximate surface area is 178 Å². The molecule has 0 aliphatic heterocycles. The largest absolute Gasteiger partial charge is 0.384 e. The van der Waals surface area contributed by atoms with E-state index in [4.69, 9.17) is 15.7 Å². The average Bonchev–Trinajstić information content (AvgIpc) is 3.37. The maximum Gasteiger partial charge on any atom is 0.163 e. The zero-order valence-electron chi connectivity index (χ0n) is 16.4. The van der Waals surface area contributed by atoms with E-state index in [1.807, 2.05) is 55.6 Å². The number of anilines is 2. The van der Waals surface area contributed by atoms with Crippen molar-refractivity contribution >= 4 is 33.2 Å². The second-order valence-electron chi connectivity index (χ2n) is 6.99. The first kappa shape index (κ1) is 18.3. The van der Waals surface area contributed by atoms with E-state index < -0.39 is 0 Å². The molecule has 0 bridgehead atoms. The second kappa shape index (κ2) is 7.61. The summed E-state index contributed by atoms with van der Waals surface area (Å²) in [6.07, 6.45) is 1.78. The van der Waals surface area contributed by atoms with Crippen molar-refractivity contribution < 1.29 is 0 Å². The van der Waals surface area contributed by atoms with E-state index in [0.29, 0.717) is 18.2 Å². The Morgan fingerprint density at radius 2 is 1.67 bits per heavy atom. The van der Waals surface area contributed by atoms with Gasteiger partial charge in [0.1, 0.15) is 16.5 Å². The van der Waals surface area contributed by atoms with Crippen LogP contribution in [-0.2, 0) is 13.6 Å². The van der Waals surface area contributed by atoms with Gasteiger partial charge in [-0.25, -0.2) is 9.97 Å². The van der Waals surface area contributed by atoms with Gasteiger partial charge in [0.15, 0.2) is 5.82 Å². The molecule has 2 aromatic carbocycles. The molecule has 0 aliphatic carbocycles. The van der Waals surface area contributed by atoms with E-state index in [9.17, 15) is 0 Å². The predicted octanol–water partition coefficient (Wildman–Crippen LogP) is 4.95. The molecule has 3 aromatic heterocycles. The summed E-state index contributed by atoms with van der Waals surface area (Å²) in [5.74, 6) is 2.14. The molecular formula is C23H20N6S. The lowest BCUT2D eigenvalue weighted by Gasteiger charge is -2.11. The predicted molar refractivity (Wildman–Crippen MR) is 123 cm³/mol. The zero-order valence-corrected chi connectivity index (χ0v) is 17.2. The number of hydrogen-bond acceptors (Lipinski definition) is 6. The number of nitrogens with zero attached hydrogens (tertiary/aromatic N) is 4. The minimum absolute atomic E-state index is 0.532. The van der Waals surface area contributed by atoms with Crippen LogP contribution in [0, 0.1) is 0 Å². The van der Waals surface area contributed by atoms with Crippen molar-refractivity contribution in [1.29, 1.82) is 0 Å². The molecule has 0 fully saturated rings. The van der Waals surface area contributed by atoms with E-state index >= 15 is 0 Å². The number of thiophene rings is 1. The third-order valence-electron chi connectivity index (χ3n) is 5.06. The minimum Gasteiger partial charge on any atom is -0.384 e. The first-order valence-corrected chi connectivity index (χ1v) is 10.5. The van der Waals surface area contributed by atoms with Gasteiger partial charge in [0.2, 0.25) is 0 Å². The fraction of sp³-hybridized carbons (Fsp3) is 0.0870. The molecule has 0 spiro atoms. The van der Waals surface area contributed by atoms with Crippen LogP contribution >= 0.6 is 11.3 Å². The topological polar surface area (TPSA) is 81.7 Å². The van der Waals surface area contributed by atoms with Crippen molar-refractivity contribution in [2.24, 2.45) is 7.05 Å². The highest BCUT2D eigenvalue weighted by Gasteiger charge is 2.17. The average molecular weight is 413 g/mol. The SMILES string of the molecule is Cn1ncc(CNc2nc(-c3ccccc3)nc3scc(-c4ccccc4)c23)c1N. The first-order valence-electron chi connectivity index (χ1n) is 9.61. The van der Waals surface area contributed by atoms with Crippen molar-refractivity contribution in [3.8, 4) is 22.5 Å². The number of rotatable bonds is 5. The number of nitrogens with one attached hydrogen (secondary N) is 1. The number of aryl methyl sites for hydroxylation is 1. The molecule has 3 N–H and O–H groups in total. The quantitative estimate of drug-likeness (QED) is 0.427. The summed E-state index contributed by atoms with van der Waals surface area (Å²) in [5.41, 5.74) is 10.3. The number of aromatic nitrogens is 4. The van der Waals surface area contributed by atoms with Crippen molar-refractivity contribution in [2.45, 2.75) is 6.54 Å². The molecule has 148 valence electrons. The van der Waals surface area contributed by atoms with E-state index in [0.717, 1.165) is 38.3 Å². The monoisotopic (exact) mass is 412 g/mol. The Morgan fingerprint density at radius 3 is 2.33 bits per heavy atom. The highest BCUT2D eigenvalue weighted by molar-refractivity contribution is 7.17. The highest BCUT2D eigenvalue weighted by Crippen LogP contribution is 2.38. The summed E-state index contributed by atoms with van der Waals surface area (Å²) in [5, 5.41) is 10.9. The van der Waals surface area contributed by atoms with Gasteiger partial charge in [-0.1, -0.05) is 60.7 Å². The lowest BCUT2D eigenvalue weighted by atomic mass is 10.1. The van der Waals surface area contributed by atoms with Crippen LogP contribution in [0.4, 0.5) is 11.6 Å². The maximum atomic E-state index is 6.13. The summed E-state index contributed by atoms with van der Waals surface area (Å²) in [7, 11) is 1.83. The van der Waals surface area contributed by atoms with Crippen LogP contribution in [0.25, 0.3) is 32.7 Å². The van der Waals surface area contributed by atoms with Crippen LogP contribution in [0.15, 0.2) is 72.2 Å². The lowest BCUT2D eigenvalue weighted by Crippen LogP contribution is -2.06. The third kappa shape index (κ3) is 3.29. The van der Waals surface area contributed by atoms with Crippen LogP contribution in [0.2, 0.25) is 0 Å². The molecule has 5 aromatic rings. The fourth-order valence-electron chi connectivity index (χ4n) is 3.42.